The SMILES string of the molecule is NC(=O)C=Cc1cc(C(=O)O)c(F)cc1F. The number of hydrogen-bond donors (Lipinski definition) is 2. The van der Waals surface area contributed by atoms with Crippen LogP contribution in [-0.2, 0) is 4.79 Å². The maximum atomic E-state index is 13.1. The van der Waals surface area contributed by atoms with E-state index in [1.807, 2.05) is 0 Å². The van der Waals surface area contributed by atoms with Gasteiger partial charge in [0.2, 0.25) is 5.91 Å². The number of carboxylic acids is 1. The molecule has 1 aromatic carbocycles. The van der Waals surface area contributed by atoms with Crippen LogP contribution in [0.4, 0.5) is 8.78 Å². The van der Waals surface area contributed by atoms with E-state index in [9.17, 15) is 18.4 Å². The van der Waals surface area contributed by atoms with Gasteiger partial charge in [-0.25, -0.2) is 13.6 Å². The summed E-state index contributed by atoms with van der Waals surface area (Å²) in [6.07, 6.45) is 1.82. The lowest BCUT2D eigenvalue weighted by molar-refractivity contribution is -0.113. The molecule has 0 spiro atoms. The van der Waals surface area contributed by atoms with E-state index in [-0.39, 0.29) is 5.56 Å². The van der Waals surface area contributed by atoms with Crippen LogP contribution < -0.4 is 5.73 Å². The molecule has 0 atom stereocenters. The molecule has 0 bridgehead atoms. The minimum Gasteiger partial charge on any atom is -0.478 e. The third-order valence-electron chi connectivity index (χ3n) is 1.74. The van der Waals surface area contributed by atoms with Crippen molar-refractivity contribution in [1.29, 1.82) is 0 Å². The van der Waals surface area contributed by atoms with E-state index in [0.717, 1.165) is 18.2 Å². The molecule has 1 aromatic rings. The Labute approximate surface area is 89.0 Å². The molecule has 0 aliphatic rings. The van der Waals surface area contributed by atoms with E-state index in [0.29, 0.717) is 6.07 Å². The number of carbonyl (C=O) groups is 2. The van der Waals surface area contributed by atoms with Crippen LogP contribution >= 0.6 is 0 Å². The minimum absolute atomic E-state index is 0.224. The molecule has 0 unspecified atom stereocenters. The Hall–Kier alpha value is -2.24. The van der Waals surface area contributed by atoms with Crippen LogP contribution in [0, 0.1) is 11.6 Å². The quantitative estimate of drug-likeness (QED) is 0.760. The Morgan fingerprint density at radius 3 is 2.38 bits per heavy atom. The summed E-state index contributed by atoms with van der Waals surface area (Å²) < 4.78 is 26.1. The second-order valence-electron chi connectivity index (χ2n) is 2.89. The highest BCUT2D eigenvalue weighted by Crippen LogP contribution is 2.16. The summed E-state index contributed by atoms with van der Waals surface area (Å²) in [6.45, 7) is 0. The molecule has 0 heterocycles. The zero-order chi connectivity index (χ0) is 12.3. The molecule has 6 heteroatoms. The van der Waals surface area contributed by atoms with E-state index in [1.54, 1.807) is 0 Å². The summed E-state index contributed by atoms with van der Waals surface area (Å²) in [5.74, 6) is -4.49. The molecule has 4 nitrogen and oxygen atoms in total. The monoisotopic (exact) mass is 227 g/mol. The van der Waals surface area contributed by atoms with Gasteiger partial charge in [0.25, 0.3) is 0 Å². The molecule has 3 N–H and O–H groups in total. The fourth-order valence-electron chi connectivity index (χ4n) is 1.03. The largest absolute Gasteiger partial charge is 0.478 e. The van der Waals surface area contributed by atoms with Crippen molar-refractivity contribution in [3.63, 3.8) is 0 Å². The van der Waals surface area contributed by atoms with Gasteiger partial charge in [-0.3, -0.25) is 4.79 Å². The Bertz CT molecular complexity index is 483. The summed E-state index contributed by atoms with van der Waals surface area (Å²) in [5.41, 5.74) is 3.88. The second-order valence-corrected chi connectivity index (χ2v) is 2.89. The zero-order valence-electron chi connectivity index (χ0n) is 7.91. The van der Waals surface area contributed by atoms with Crippen molar-refractivity contribution in [3.8, 4) is 0 Å². The van der Waals surface area contributed by atoms with Crippen LogP contribution in [0.5, 0.6) is 0 Å². The molecule has 1 rings (SSSR count). The summed E-state index contributed by atoms with van der Waals surface area (Å²) in [5, 5.41) is 8.58. The van der Waals surface area contributed by atoms with Crippen molar-refractivity contribution in [3.05, 3.63) is 41.0 Å². The lowest BCUT2D eigenvalue weighted by Crippen LogP contribution is -2.06. The highest BCUT2D eigenvalue weighted by atomic mass is 19.1. The molecular formula is C10H7F2NO3. The highest BCUT2D eigenvalue weighted by molar-refractivity contribution is 5.92. The van der Waals surface area contributed by atoms with Crippen molar-refractivity contribution >= 4 is 18.0 Å². The summed E-state index contributed by atoms with van der Waals surface area (Å²) in [6, 6.07) is 1.22. The first-order valence-corrected chi connectivity index (χ1v) is 4.11. The number of nitrogens with two attached hydrogens (primary N) is 1. The van der Waals surface area contributed by atoms with E-state index >= 15 is 0 Å². The van der Waals surface area contributed by atoms with Crippen LogP contribution in [0.2, 0.25) is 0 Å². The number of aromatic carboxylic acids is 1. The third-order valence-corrected chi connectivity index (χ3v) is 1.74. The second kappa shape index (κ2) is 4.52. The molecule has 0 radical (unpaired) electrons. The van der Waals surface area contributed by atoms with Crippen LogP contribution in [-0.4, -0.2) is 17.0 Å². The van der Waals surface area contributed by atoms with Gasteiger partial charge in [0.1, 0.15) is 11.6 Å². The van der Waals surface area contributed by atoms with E-state index in [4.69, 9.17) is 10.8 Å². The molecule has 0 aliphatic heterocycles. The van der Waals surface area contributed by atoms with Crippen LogP contribution in [0.25, 0.3) is 6.08 Å². The maximum absolute atomic E-state index is 13.1. The Morgan fingerprint density at radius 2 is 1.88 bits per heavy atom. The lowest BCUT2D eigenvalue weighted by atomic mass is 10.1. The van der Waals surface area contributed by atoms with Gasteiger partial charge in [-0.15, -0.1) is 0 Å². The number of hydrogen-bond acceptors (Lipinski definition) is 2. The average Bonchev–Trinajstić information content (AvgIpc) is 2.15. The van der Waals surface area contributed by atoms with Crippen LogP contribution in [0.15, 0.2) is 18.2 Å². The lowest BCUT2D eigenvalue weighted by Gasteiger charge is -2.01. The standard InChI is InChI=1S/C10H7F2NO3/c11-7-4-8(12)6(10(15)16)3-5(7)1-2-9(13)14/h1-4H,(H2,13,14)(H,15,16). The maximum Gasteiger partial charge on any atom is 0.338 e. The number of benzene rings is 1. The molecular weight excluding hydrogens is 220 g/mol. The van der Waals surface area contributed by atoms with Gasteiger partial charge in [-0.2, -0.15) is 0 Å². The van der Waals surface area contributed by atoms with Gasteiger partial charge in [0, 0.05) is 17.7 Å². The summed E-state index contributed by atoms with van der Waals surface area (Å²) in [7, 11) is 0. The highest BCUT2D eigenvalue weighted by Gasteiger charge is 2.13. The first kappa shape index (κ1) is 11.8. The summed E-state index contributed by atoms with van der Waals surface area (Å²) >= 11 is 0. The first-order valence-electron chi connectivity index (χ1n) is 4.11. The molecule has 16 heavy (non-hydrogen) atoms. The van der Waals surface area contributed by atoms with E-state index in [1.165, 1.54) is 0 Å². The number of rotatable bonds is 3. The molecule has 0 saturated heterocycles. The number of primary amides is 1. The van der Waals surface area contributed by atoms with Gasteiger partial charge in [0.15, 0.2) is 0 Å². The summed E-state index contributed by atoms with van der Waals surface area (Å²) in [4.78, 5) is 20.9. The number of carboxylic acid groups (broad SMARTS) is 1. The van der Waals surface area contributed by atoms with Crippen molar-refractivity contribution < 1.29 is 23.5 Å². The molecule has 0 saturated carbocycles. The van der Waals surface area contributed by atoms with E-state index in [2.05, 4.69) is 0 Å². The van der Waals surface area contributed by atoms with Crippen molar-refractivity contribution in [2.75, 3.05) is 0 Å². The van der Waals surface area contributed by atoms with Crippen molar-refractivity contribution in [2.45, 2.75) is 0 Å². The Balaban J connectivity index is 3.25. The molecule has 0 aromatic heterocycles. The zero-order valence-corrected chi connectivity index (χ0v) is 7.91. The fourth-order valence-corrected chi connectivity index (χ4v) is 1.03. The van der Waals surface area contributed by atoms with Crippen LogP contribution in [0.1, 0.15) is 15.9 Å². The predicted molar refractivity (Wildman–Crippen MR) is 51.5 cm³/mol. The van der Waals surface area contributed by atoms with Crippen molar-refractivity contribution in [1.82, 2.24) is 0 Å². The Kier molecular flexibility index (Phi) is 3.34. The molecule has 0 aliphatic carbocycles. The van der Waals surface area contributed by atoms with Gasteiger partial charge < -0.3 is 10.8 Å². The van der Waals surface area contributed by atoms with Gasteiger partial charge in [-0.1, -0.05) is 0 Å². The average molecular weight is 227 g/mol. The normalized spacial score (nSPS) is 10.6. The Morgan fingerprint density at radius 1 is 1.25 bits per heavy atom. The predicted octanol–water partition coefficient (Wildman–Crippen LogP) is 1.16. The number of amides is 1. The third kappa shape index (κ3) is 2.63. The van der Waals surface area contributed by atoms with Gasteiger partial charge in [-0.05, 0) is 12.1 Å². The number of carbonyl (C=O) groups excluding carboxylic acids is 1. The first-order chi connectivity index (χ1) is 7.41. The van der Waals surface area contributed by atoms with Gasteiger partial charge in [0.05, 0.1) is 5.56 Å². The van der Waals surface area contributed by atoms with E-state index < -0.39 is 29.1 Å². The van der Waals surface area contributed by atoms with Crippen molar-refractivity contribution in [2.24, 2.45) is 5.73 Å². The number of halogens is 2. The molecule has 1 amide bonds. The molecule has 84 valence electrons. The topological polar surface area (TPSA) is 80.4 Å². The minimum atomic E-state index is -1.52. The smallest absolute Gasteiger partial charge is 0.338 e. The van der Waals surface area contributed by atoms with Crippen LogP contribution in [0.3, 0.4) is 0 Å². The fraction of sp³-hybridized carbons (Fsp3) is 0. The molecule has 0 fully saturated rings. The van der Waals surface area contributed by atoms with Gasteiger partial charge >= 0.3 is 5.97 Å².